The molecule has 17 heavy (non-hydrogen) atoms. The first-order chi connectivity index (χ1) is 7.82. The van der Waals surface area contributed by atoms with Gasteiger partial charge in [0, 0.05) is 19.6 Å². The summed E-state index contributed by atoms with van der Waals surface area (Å²) < 4.78 is 0. The molecule has 0 aliphatic heterocycles. The number of nitrogens with one attached hydrogen (secondary N) is 2. The van der Waals surface area contributed by atoms with Gasteiger partial charge in [0.25, 0.3) is 0 Å². The third-order valence-corrected chi connectivity index (χ3v) is 2.71. The molecule has 0 radical (unpaired) electrons. The summed E-state index contributed by atoms with van der Waals surface area (Å²) in [7, 11) is 0. The van der Waals surface area contributed by atoms with Gasteiger partial charge >= 0.3 is 12.0 Å². The molecule has 0 heterocycles. The Kier molecular flexibility index (Phi) is 6.57. The van der Waals surface area contributed by atoms with E-state index in [0.29, 0.717) is 6.54 Å². The molecule has 0 aromatic rings. The molecule has 0 rings (SSSR count). The van der Waals surface area contributed by atoms with Crippen molar-refractivity contribution in [2.75, 3.05) is 13.2 Å². The van der Waals surface area contributed by atoms with Crippen LogP contribution >= 0.6 is 0 Å². The minimum Gasteiger partial charge on any atom is -0.480 e. The fourth-order valence-electron chi connectivity index (χ4n) is 1.04. The predicted octanol–water partition coefficient (Wildman–Crippen LogP) is 0.557. The molecular weight excluding hydrogens is 224 g/mol. The summed E-state index contributed by atoms with van der Waals surface area (Å²) in [6.07, 6.45) is 0.909. The maximum atomic E-state index is 11.4. The first-order valence-electron chi connectivity index (χ1n) is 5.70. The van der Waals surface area contributed by atoms with Crippen LogP contribution in [0.15, 0.2) is 0 Å². The summed E-state index contributed by atoms with van der Waals surface area (Å²) >= 11 is 0. The first-order valence-corrected chi connectivity index (χ1v) is 5.70. The van der Waals surface area contributed by atoms with Crippen LogP contribution in [-0.2, 0) is 4.79 Å². The van der Waals surface area contributed by atoms with Gasteiger partial charge in [0.15, 0.2) is 0 Å². The van der Waals surface area contributed by atoms with Crippen LogP contribution in [0.5, 0.6) is 0 Å². The lowest BCUT2D eigenvalue weighted by molar-refractivity contribution is -0.139. The molecule has 6 heteroatoms. The van der Waals surface area contributed by atoms with Gasteiger partial charge in [0.2, 0.25) is 0 Å². The zero-order valence-corrected chi connectivity index (χ0v) is 10.6. The molecule has 0 aliphatic rings. The topological polar surface area (TPSA) is 98.7 Å². The summed E-state index contributed by atoms with van der Waals surface area (Å²) in [5, 5.41) is 22.4. The largest absolute Gasteiger partial charge is 0.480 e. The molecule has 2 amide bonds. The van der Waals surface area contributed by atoms with Gasteiger partial charge in [-0.05, 0) is 11.8 Å². The van der Waals surface area contributed by atoms with Crippen molar-refractivity contribution in [2.45, 2.75) is 39.7 Å². The van der Waals surface area contributed by atoms with Crippen LogP contribution in [0.4, 0.5) is 4.79 Å². The fraction of sp³-hybridized carbons (Fsp3) is 0.818. The second-order valence-corrected chi connectivity index (χ2v) is 4.75. The van der Waals surface area contributed by atoms with Crippen LogP contribution in [-0.4, -0.2) is 41.4 Å². The maximum Gasteiger partial charge on any atom is 0.326 e. The molecule has 0 saturated heterocycles. The third kappa shape index (κ3) is 6.78. The highest BCUT2D eigenvalue weighted by Crippen LogP contribution is 2.17. The monoisotopic (exact) mass is 246 g/mol. The number of carbonyl (C=O) groups is 2. The van der Waals surface area contributed by atoms with Crippen molar-refractivity contribution in [1.29, 1.82) is 0 Å². The summed E-state index contributed by atoms with van der Waals surface area (Å²) in [6, 6.07) is -1.57. The van der Waals surface area contributed by atoms with Gasteiger partial charge in [-0.2, -0.15) is 0 Å². The zero-order valence-electron chi connectivity index (χ0n) is 10.6. The molecule has 0 aliphatic carbocycles. The molecule has 1 atom stereocenters. The highest BCUT2D eigenvalue weighted by molar-refractivity contribution is 5.82. The number of aliphatic carboxylic acids is 1. The fourth-order valence-corrected chi connectivity index (χ4v) is 1.04. The Hall–Kier alpha value is -1.30. The molecule has 0 spiro atoms. The molecule has 6 nitrogen and oxygen atoms in total. The smallest absolute Gasteiger partial charge is 0.326 e. The van der Waals surface area contributed by atoms with E-state index in [1.165, 1.54) is 0 Å². The second kappa shape index (κ2) is 7.11. The van der Waals surface area contributed by atoms with E-state index in [4.69, 9.17) is 10.2 Å². The quantitative estimate of drug-likeness (QED) is 0.527. The van der Waals surface area contributed by atoms with Crippen LogP contribution in [0.3, 0.4) is 0 Å². The van der Waals surface area contributed by atoms with Crippen molar-refractivity contribution < 1.29 is 19.8 Å². The van der Waals surface area contributed by atoms with E-state index in [9.17, 15) is 9.59 Å². The average molecular weight is 246 g/mol. The Bertz CT molecular complexity index is 266. The van der Waals surface area contributed by atoms with E-state index in [2.05, 4.69) is 10.6 Å². The molecule has 0 fully saturated rings. The van der Waals surface area contributed by atoms with E-state index in [1.54, 1.807) is 0 Å². The number of carboxylic acids is 1. The number of rotatable bonds is 7. The lowest BCUT2D eigenvalue weighted by Crippen LogP contribution is -2.48. The maximum absolute atomic E-state index is 11.4. The highest BCUT2D eigenvalue weighted by Gasteiger charge is 2.21. The van der Waals surface area contributed by atoms with Crippen LogP contribution in [0, 0.1) is 5.41 Å². The Balaban J connectivity index is 4.11. The lowest BCUT2D eigenvalue weighted by Gasteiger charge is -2.23. The van der Waals surface area contributed by atoms with Crippen molar-refractivity contribution in [3.8, 4) is 0 Å². The Morgan fingerprint density at radius 1 is 1.35 bits per heavy atom. The summed E-state index contributed by atoms with van der Waals surface area (Å²) in [5.74, 6) is -1.15. The minimum absolute atomic E-state index is 0.0000754. The standard InChI is InChI=1S/C11H22N2O4/c1-4-11(2,3)7-12-10(17)13-8(5-6-14)9(15)16/h8,14H,4-7H2,1-3H3,(H,15,16)(H2,12,13,17). The SMILES string of the molecule is CCC(C)(C)CNC(=O)NC(CCO)C(=O)O. The first kappa shape index (κ1) is 15.7. The molecule has 0 aromatic carbocycles. The number of urea groups is 1. The van der Waals surface area contributed by atoms with Crippen molar-refractivity contribution in [3.05, 3.63) is 0 Å². The number of aliphatic hydroxyl groups is 1. The highest BCUT2D eigenvalue weighted by atomic mass is 16.4. The zero-order chi connectivity index (χ0) is 13.5. The van der Waals surface area contributed by atoms with Gasteiger partial charge < -0.3 is 20.8 Å². The van der Waals surface area contributed by atoms with Crippen LogP contribution < -0.4 is 10.6 Å². The van der Waals surface area contributed by atoms with E-state index in [1.807, 2.05) is 20.8 Å². The Morgan fingerprint density at radius 3 is 2.35 bits per heavy atom. The van der Waals surface area contributed by atoms with Crippen molar-refractivity contribution in [2.24, 2.45) is 5.41 Å². The number of aliphatic hydroxyl groups excluding tert-OH is 1. The molecular formula is C11H22N2O4. The van der Waals surface area contributed by atoms with Gasteiger partial charge in [-0.3, -0.25) is 0 Å². The lowest BCUT2D eigenvalue weighted by atomic mass is 9.90. The van der Waals surface area contributed by atoms with Crippen LogP contribution in [0.25, 0.3) is 0 Å². The van der Waals surface area contributed by atoms with Crippen molar-refractivity contribution in [3.63, 3.8) is 0 Å². The number of hydrogen-bond acceptors (Lipinski definition) is 3. The molecule has 100 valence electrons. The van der Waals surface area contributed by atoms with Gasteiger partial charge in [0.1, 0.15) is 6.04 Å². The van der Waals surface area contributed by atoms with E-state index in [0.717, 1.165) is 6.42 Å². The number of carboxylic acid groups (broad SMARTS) is 1. The summed E-state index contributed by atoms with van der Waals surface area (Å²) in [4.78, 5) is 22.2. The minimum atomic E-state index is -1.15. The molecule has 0 saturated carbocycles. The number of amides is 2. The second-order valence-electron chi connectivity index (χ2n) is 4.75. The number of hydrogen-bond donors (Lipinski definition) is 4. The Labute approximate surface area is 101 Å². The van der Waals surface area contributed by atoms with Crippen LogP contribution in [0.1, 0.15) is 33.6 Å². The number of carbonyl (C=O) groups excluding carboxylic acids is 1. The van der Waals surface area contributed by atoms with Crippen molar-refractivity contribution >= 4 is 12.0 Å². The van der Waals surface area contributed by atoms with Crippen molar-refractivity contribution in [1.82, 2.24) is 10.6 Å². The van der Waals surface area contributed by atoms with Crippen LogP contribution in [0.2, 0.25) is 0 Å². The predicted molar refractivity (Wildman–Crippen MR) is 63.7 cm³/mol. The molecule has 1 unspecified atom stereocenters. The van der Waals surface area contributed by atoms with E-state index < -0.39 is 18.0 Å². The Morgan fingerprint density at radius 2 is 1.94 bits per heavy atom. The van der Waals surface area contributed by atoms with E-state index in [-0.39, 0.29) is 18.4 Å². The molecule has 0 bridgehead atoms. The third-order valence-electron chi connectivity index (χ3n) is 2.71. The average Bonchev–Trinajstić information content (AvgIpc) is 2.26. The molecule has 4 N–H and O–H groups in total. The normalized spacial score (nSPS) is 12.9. The van der Waals surface area contributed by atoms with Gasteiger partial charge in [-0.25, -0.2) is 9.59 Å². The molecule has 0 aromatic heterocycles. The van der Waals surface area contributed by atoms with E-state index >= 15 is 0 Å². The van der Waals surface area contributed by atoms with Gasteiger partial charge in [-0.15, -0.1) is 0 Å². The van der Waals surface area contributed by atoms with Gasteiger partial charge in [0.05, 0.1) is 0 Å². The van der Waals surface area contributed by atoms with Gasteiger partial charge in [-0.1, -0.05) is 20.8 Å². The summed E-state index contributed by atoms with van der Waals surface area (Å²) in [6.45, 7) is 6.23. The summed E-state index contributed by atoms with van der Waals surface area (Å²) in [5.41, 5.74) is -0.0208.